The Morgan fingerprint density at radius 3 is 1.10 bits per heavy atom. The van der Waals surface area contributed by atoms with Crippen molar-refractivity contribution in [3.05, 3.63) is 134 Å². The summed E-state index contributed by atoms with van der Waals surface area (Å²) in [6.07, 6.45) is 70.1. The second-order valence-electron chi connectivity index (χ2n) is 15.7. The Morgan fingerprint density at radius 1 is 0.333 bits per heavy atom. The number of ether oxygens (including phenoxy) is 3. The van der Waals surface area contributed by atoms with Crippen LogP contribution in [-0.4, -0.2) is 37.2 Å². The second kappa shape index (κ2) is 50.2. The highest BCUT2D eigenvalue weighted by Gasteiger charge is 2.19. The lowest BCUT2D eigenvalue weighted by Gasteiger charge is -2.18. The summed E-state index contributed by atoms with van der Waals surface area (Å²) in [4.78, 5) is 37.9. The van der Waals surface area contributed by atoms with Gasteiger partial charge < -0.3 is 14.2 Å². The molecule has 0 aromatic rings. The molecule has 0 aromatic carbocycles. The van der Waals surface area contributed by atoms with E-state index in [0.717, 1.165) is 128 Å². The van der Waals surface area contributed by atoms with E-state index >= 15 is 0 Å². The monoisotopic (exact) mass is 869 g/mol. The molecule has 0 aromatic heterocycles. The number of hydrogen-bond acceptors (Lipinski definition) is 6. The largest absolute Gasteiger partial charge is 0.462 e. The molecule has 6 heteroatoms. The molecule has 0 spiro atoms. The average Bonchev–Trinajstić information content (AvgIpc) is 3.28. The van der Waals surface area contributed by atoms with Crippen LogP contribution in [0.15, 0.2) is 134 Å². The van der Waals surface area contributed by atoms with Crippen LogP contribution >= 0.6 is 0 Å². The maximum atomic E-state index is 12.8. The van der Waals surface area contributed by atoms with Crippen LogP contribution < -0.4 is 0 Å². The SMILES string of the molecule is CC\C=C/C=C\C=C/C=C\CCCCCC(=O)OC(COC(=O)CCCCCCC\C=C/C=C\C=C/CC)COC(=O)CCCCCCCC/C=C\C/C=C\C/C=C\C/C=C\CC. The Labute approximate surface area is 385 Å². The number of carbonyl (C=O) groups is 3. The van der Waals surface area contributed by atoms with Crippen LogP contribution in [0.2, 0.25) is 0 Å². The molecule has 1 atom stereocenters. The number of carbonyl (C=O) groups excluding carboxylic acids is 3. The van der Waals surface area contributed by atoms with Crippen LogP contribution in [0.5, 0.6) is 0 Å². The summed E-state index contributed by atoms with van der Waals surface area (Å²) >= 11 is 0. The summed E-state index contributed by atoms with van der Waals surface area (Å²) in [5.41, 5.74) is 0. The minimum atomic E-state index is -0.817. The fourth-order valence-corrected chi connectivity index (χ4v) is 6.15. The van der Waals surface area contributed by atoms with Gasteiger partial charge in [-0.25, -0.2) is 0 Å². The first-order valence-electron chi connectivity index (χ1n) is 24.8. The summed E-state index contributed by atoms with van der Waals surface area (Å²) in [7, 11) is 0. The quantitative estimate of drug-likeness (QED) is 0.0200. The van der Waals surface area contributed by atoms with Crippen molar-refractivity contribution in [3.8, 4) is 0 Å². The van der Waals surface area contributed by atoms with Gasteiger partial charge in [-0.2, -0.15) is 0 Å². The molecule has 1 unspecified atom stereocenters. The van der Waals surface area contributed by atoms with E-state index in [0.29, 0.717) is 19.3 Å². The molecule has 0 heterocycles. The molecule has 0 saturated carbocycles. The number of unbranched alkanes of at least 4 members (excludes halogenated alkanes) is 14. The molecule has 0 rings (SSSR count). The maximum Gasteiger partial charge on any atom is 0.306 e. The number of esters is 3. The number of rotatable bonds is 42. The van der Waals surface area contributed by atoms with Gasteiger partial charge in [-0.05, 0) is 96.3 Å². The van der Waals surface area contributed by atoms with Crippen LogP contribution in [0.4, 0.5) is 0 Å². The zero-order valence-corrected chi connectivity index (χ0v) is 40.0. The molecule has 63 heavy (non-hydrogen) atoms. The maximum absolute atomic E-state index is 12.8. The van der Waals surface area contributed by atoms with Crippen LogP contribution in [0.3, 0.4) is 0 Å². The summed E-state index contributed by atoms with van der Waals surface area (Å²) in [5, 5.41) is 0. The molecule has 0 aliphatic heterocycles. The van der Waals surface area contributed by atoms with Crippen LogP contribution in [-0.2, 0) is 28.6 Å². The lowest BCUT2D eigenvalue weighted by molar-refractivity contribution is -0.167. The molecule has 0 aliphatic rings. The average molecular weight is 869 g/mol. The zero-order valence-electron chi connectivity index (χ0n) is 40.0. The standard InChI is InChI=1S/C57H88O6/c1-4-7-10-13-16-19-22-25-26-27-28-29-30-33-35-38-41-44-47-50-56(59)62-53-54(63-57(60)51-48-45-42-39-36-32-24-21-18-15-12-9-6-3)52-61-55(58)49-46-43-40-37-34-31-23-20-17-14-11-8-5-2/h7-12,14-21,23-26,28-29,32,36,54H,4-6,13,22,27,30-31,33-35,37-53H2,1-3H3/b10-7-,11-8-,12-9-,17-14-,18-15-,19-16-,23-20-,24-21-,26-25-,29-28-,36-32-. The highest BCUT2D eigenvalue weighted by molar-refractivity contribution is 5.71. The van der Waals surface area contributed by atoms with E-state index in [1.54, 1.807) is 0 Å². The lowest BCUT2D eigenvalue weighted by atomic mass is 10.1. The van der Waals surface area contributed by atoms with Gasteiger partial charge in [0.25, 0.3) is 0 Å². The smallest absolute Gasteiger partial charge is 0.306 e. The van der Waals surface area contributed by atoms with E-state index in [-0.39, 0.29) is 37.5 Å². The van der Waals surface area contributed by atoms with Crippen molar-refractivity contribution in [2.45, 2.75) is 194 Å². The Hall–Kier alpha value is -4.45. The molecule has 0 aliphatic carbocycles. The van der Waals surface area contributed by atoms with Gasteiger partial charge in [0, 0.05) is 19.3 Å². The lowest BCUT2D eigenvalue weighted by Crippen LogP contribution is -2.30. The van der Waals surface area contributed by atoms with Crippen molar-refractivity contribution in [2.75, 3.05) is 13.2 Å². The van der Waals surface area contributed by atoms with Crippen molar-refractivity contribution < 1.29 is 28.6 Å². The van der Waals surface area contributed by atoms with E-state index < -0.39 is 6.10 Å². The Kier molecular flexibility index (Phi) is 46.7. The fraction of sp³-hybridized carbons (Fsp3) is 0.561. The van der Waals surface area contributed by atoms with Crippen LogP contribution in [0.25, 0.3) is 0 Å². The summed E-state index contributed by atoms with van der Waals surface area (Å²) in [6.45, 7) is 6.16. The molecule has 0 N–H and O–H groups in total. The Balaban J connectivity index is 4.50. The normalized spacial score (nSPS) is 13.3. The van der Waals surface area contributed by atoms with Gasteiger partial charge in [-0.1, -0.05) is 206 Å². The minimum Gasteiger partial charge on any atom is -0.462 e. The van der Waals surface area contributed by atoms with Crippen molar-refractivity contribution in [2.24, 2.45) is 0 Å². The predicted octanol–water partition coefficient (Wildman–Crippen LogP) is 16.3. The molecule has 0 fully saturated rings. The van der Waals surface area contributed by atoms with E-state index in [9.17, 15) is 14.4 Å². The molecular formula is C57H88O6. The Morgan fingerprint density at radius 2 is 0.651 bits per heavy atom. The van der Waals surface area contributed by atoms with E-state index in [4.69, 9.17) is 14.2 Å². The van der Waals surface area contributed by atoms with Gasteiger partial charge in [0.05, 0.1) is 0 Å². The highest BCUT2D eigenvalue weighted by atomic mass is 16.6. The molecule has 6 nitrogen and oxygen atoms in total. The number of hydrogen-bond donors (Lipinski definition) is 0. The van der Waals surface area contributed by atoms with Gasteiger partial charge in [-0.3, -0.25) is 14.4 Å². The summed E-state index contributed by atoms with van der Waals surface area (Å²) < 4.78 is 16.7. The van der Waals surface area contributed by atoms with Gasteiger partial charge in [-0.15, -0.1) is 0 Å². The predicted molar refractivity (Wildman–Crippen MR) is 269 cm³/mol. The van der Waals surface area contributed by atoms with E-state index in [1.165, 1.54) is 12.8 Å². The third-order valence-corrected chi connectivity index (χ3v) is 9.79. The molecule has 0 radical (unpaired) electrons. The Bertz CT molecular complexity index is 1420. The molecule has 352 valence electrons. The van der Waals surface area contributed by atoms with E-state index in [2.05, 4.69) is 112 Å². The van der Waals surface area contributed by atoms with Crippen molar-refractivity contribution in [3.63, 3.8) is 0 Å². The van der Waals surface area contributed by atoms with Crippen molar-refractivity contribution in [1.82, 2.24) is 0 Å². The van der Waals surface area contributed by atoms with Crippen LogP contribution in [0, 0.1) is 0 Å². The summed E-state index contributed by atoms with van der Waals surface area (Å²) in [6, 6.07) is 0. The number of allylic oxidation sites excluding steroid dienone is 22. The summed E-state index contributed by atoms with van der Waals surface area (Å²) in [5.74, 6) is -0.999. The van der Waals surface area contributed by atoms with Gasteiger partial charge >= 0.3 is 17.9 Å². The highest BCUT2D eigenvalue weighted by Crippen LogP contribution is 2.12. The third kappa shape index (κ3) is 48.4. The van der Waals surface area contributed by atoms with Gasteiger partial charge in [0.2, 0.25) is 0 Å². The third-order valence-electron chi connectivity index (χ3n) is 9.79. The first-order chi connectivity index (χ1) is 31.0. The molecule has 0 amide bonds. The fourth-order valence-electron chi connectivity index (χ4n) is 6.15. The molecule has 0 bridgehead atoms. The zero-order chi connectivity index (χ0) is 45.8. The molecule has 0 saturated heterocycles. The minimum absolute atomic E-state index is 0.114. The van der Waals surface area contributed by atoms with Crippen LogP contribution in [0.1, 0.15) is 188 Å². The molecular weight excluding hydrogens is 781 g/mol. The first kappa shape index (κ1) is 58.6. The topological polar surface area (TPSA) is 78.9 Å². The second-order valence-corrected chi connectivity index (χ2v) is 15.7. The first-order valence-corrected chi connectivity index (χ1v) is 24.8. The van der Waals surface area contributed by atoms with E-state index in [1.807, 2.05) is 42.5 Å². The van der Waals surface area contributed by atoms with Crippen molar-refractivity contribution in [1.29, 1.82) is 0 Å². The van der Waals surface area contributed by atoms with Gasteiger partial charge in [0.1, 0.15) is 13.2 Å². The van der Waals surface area contributed by atoms with Crippen molar-refractivity contribution >= 4 is 17.9 Å². The van der Waals surface area contributed by atoms with Gasteiger partial charge in [0.15, 0.2) is 6.10 Å².